The Labute approximate surface area is 88.6 Å². The second-order valence-corrected chi connectivity index (χ2v) is 3.45. The van der Waals surface area contributed by atoms with E-state index >= 15 is 0 Å². The molecule has 0 aliphatic rings. The normalized spacial score (nSPS) is 13.9. The number of carboxylic acid groups (broad SMARTS) is 1. The first-order valence-electron chi connectivity index (χ1n) is 4.76. The number of hydrogen-bond acceptors (Lipinski definition) is 3. The highest BCUT2D eigenvalue weighted by Crippen LogP contribution is 2.12. The minimum absolute atomic E-state index is 0.0807. The molecule has 0 unspecified atom stereocenters. The third-order valence-electron chi connectivity index (χ3n) is 2.03. The molecule has 1 heterocycles. The van der Waals surface area contributed by atoms with Crippen molar-refractivity contribution in [2.75, 3.05) is 6.54 Å². The molecular weight excluding hydrogens is 194 g/mol. The Hall–Kier alpha value is -1.55. The zero-order chi connectivity index (χ0) is 11.3. The lowest BCUT2D eigenvalue weighted by molar-refractivity contribution is -0.131. The molecule has 0 saturated heterocycles. The van der Waals surface area contributed by atoms with Crippen LogP contribution in [0.15, 0.2) is 34.5 Å². The summed E-state index contributed by atoms with van der Waals surface area (Å²) in [4.78, 5) is 10.4. The van der Waals surface area contributed by atoms with E-state index in [1.807, 2.05) is 19.1 Å². The van der Waals surface area contributed by atoms with Crippen LogP contribution >= 0.6 is 0 Å². The van der Waals surface area contributed by atoms with E-state index < -0.39 is 5.97 Å². The van der Waals surface area contributed by atoms with Crippen LogP contribution in [0.5, 0.6) is 0 Å². The fourth-order valence-corrected chi connectivity index (χ4v) is 1.21. The standard InChI is InChI=1S/C11H15NO3/c1-8(6-11(13)14)7-12-9(2)10-4-3-5-15-10/h3-6,9,12H,7H2,1-2H3,(H,13,14)/b8-6+/t9-/m1/s1. The van der Waals surface area contributed by atoms with Gasteiger partial charge in [-0.15, -0.1) is 0 Å². The minimum Gasteiger partial charge on any atom is -0.478 e. The summed E-state index contributed by atoms with van der Waals surface area (Å²) in [6.45, 7) is 4.27. The molecule has 4 heteroatoms. The predicted molar refractivity (Wildman–Crippen MR) is 56.5 cm³/mol. The Morgan fingerprint density at radius 1 is 1.73 bits per heavy atom. The van der Waals surface area contributed by atoms with Crippen LogP contribution < -0.4 is 5.32 Å². The SMILES string of the molecule is C/C(=C\C(=O)O)CN[C@H](C)c1ccco1. The van der Waals surface area contributed by atoms with Gasteiger partial charge in [0.25, 0.3) is 0 Å². The lowest BCUT2D eigenvalue weighted by atomic mass is 10.2. The van der Waals surface area contributed by atoms with Gasteiger partial charge in [-0.2, -0.15) is 0 Å². The van der Waals surface area contributed by atoms with E-state index in [1.165, 1.54) is 6.08 Å². The summed E-state index contributed by atoms with van der Waals surface area (Å²) in [5, 5.41) is 11.7. The molecule has 0 saturated carbocycles. The van der Waals surface area contributed by atoms with Gasteiger partial charge in [-0.1, -0.05) is 5.57 Å². The Balaban J connectivity index is 2.41. The molecule has 2 N–H and O–H groups in total. The van der Waals surface area contributed by atoms with Crippen molar-refractivity contribution in [3.8, 4) is 0 Å². The summed E-state index contributed by atoms with van der Waals surface area (Å²) < 4.78 is 5.21. The Morgan fingerprint density at radius 3 is 3.00 bits per heavy atom. The zero-order valence-electron chi connectivity index (χ0n) is 8.86. The average Bonchev–Trinajstić information content (AvgIpc) is 2.65. The van der Waals surface area contributed by atoms with Gasteiger partial charge in [0, 0.05) is 12.6 Å². The first-order chi connectivity index (χ1) is 7.09. The van der Waals surface area contributed by atoms with Gasteiger partial charge in [-0.25, -0.2) is 4.79 Å². The number of rotatable bonds is 5. The summed E-state index contributed by atoms with van der Waals surface area (Å²) in [5.74, 6) is -0.0712. The number of carboxylic acids is 1. The van der Waals surface area contributed by atoms with E-state index in [9.17, 15) is 4.79 Å². The summed E-state index contributed by atoms with van der Waals surface area (Å²) in [6.07, 6.45) is 2.81. The number of hydrogen-bond donors (Lipinski definition) is 2. The van der Waals surface area contributed by atoms with Crippen molar-refractivity contribution in [1.82, 2.24) is 5.32 Å². The van der Waals surface area contributed by atoms with Crippen LogP contribution in [0.3, 0.4) is 0 Å². The number of aliphatic carboxylic acids is 1. The van der Waals surface area contributed by atoms with Gasteiger partial charge in [0.1, 0.15) is 5.76 Å². The topological polar surface area (TPSA) is 62.5 Å². The molecule has 0 radical (unpaired) electrons. The van der Waals surface area contributed by atoms with Crippen molar-refractivity contribution in [1.29, 1.82) is 0 Å². The van der Waals surface area contributed by atoms with Crippen molar-refractivity contribution in [3.63, 3.8) is 0 Å². The third kappa shape index (κ3) is 3.99. The molecule has 0 aromatic carbocycles. The van der Waals surface area contributed by atoms with Crippen molar-refractivity contribution in [2.24, 2.45) is 0 Å². The predicted octanol–water partition coefficient (Wildman–Crippen LogP) is 1.96. The van der Waals surface area contributed by atoms with Gasteiger partial charge >= 0.3 is 5.97 Å². The minimum atomic E-state index is -0.917. The van der Waals surface area contributed by atoms with Gasteiger partial charge < -0.3 is 14.8 Å². The van der Waals surface area contributed by atoms with E-state index in [2.05, 4.69) is 5.32 Å². The van der Waals surface area contributed by atoms with E-state index in [0.29, 0.717) is 6.54 Å². The van der Waals surface area contributed by atoms with Crippen molar-refractivity contribution in [2.45, 2.75) is 19.9 Å². The first kappa shape index (κ1) is 11.5. The molecule has 0 aliphatic carbocycles. The van der Waals surface area contributed by atoms with Crippen molar-refractivity contribution in [3.05, 3.63) is 35.8 Å². The number of furan rings is 1. The maximum Gasteiger partial charge on any atom is 0.328 e. The molecule has 0 aliphatic heterocycles. The molecule has 82 valence electrons. The highest BCUT2D eigenvalue weighted by Gasteiger charge is 2.06. The molecule has 1 aromatic heterocycles. The molecule has 15 heavy (non-hydrogen) atoms. The first-order valence-corrected chi connectivity index (χ1v) is 4.76. The lowest BCUT2D eigenvalue weighted by Crippen LogP contribution is -2.20. The van der Waals surface area contributed by atoms with E-state index in [-0.39, 0.29) is 6.04 Å². The van der Waals surface area contributed by atoms with Crippen LogP contribution in [0.1, 0.15) is 25.6 Å². The summed E-state index contributed by atoms with van der Waals surface area (Å²) in [6, 6.07) is 3.79. The Morgan fingerprint density at radius 2 is 2.47 bits per heavy atom. The van der Waals surface area contributed by atoms with Crippen LogP contribution in [-0.4, -0.2) is 17.6 Å². The molecular formula is C11H15NO3. The van der Waals surface area contributed by atoms with Gasteiger partial charge in [-0.05, 0) is 26.0 Å². The van der Waals surface area contributed by atoms with Crippen LogP contribution in [0.25, 0.3) is 0 Å². The van der Waals surface area contributed by atoms with Crippen LogP contribution in [-0.2, 0) is 4.79 Å². The lowest BCUT2D eigenvalue weighted by Gasteiger charge is -2.10. The van der Waals surface area contributed by atoms with E-state index in [0.717, 1.165) is 11.3 Å². The summed E-state index contributed by atoms with van der Waals surface area (Å²) in [7, 11) is 0. The van der Waals surface area contributed by atoms with Crippen LogP contribution in [0.4, 0.5) is 0 Å². The quantitative estimate of drug-likeness (QED) is 0.728. The van der Waals surface area contributed by atoms with Gasteiger partial charge in [0.15, 0.2) is 0 Å². The number of nitrogens with one attached hydrogen (secondary N) is 1. The molecule has 4 nitrogen and oxygen atoms in total. The highest BCUT2D eigenvalue weighted by molar-refractivity contribution is 5.80. The summed E-state index contributed by atoms with van der Waals surface area (Å²) >= 11 is 0. The Kier molecular flexibility index (Phi) is 4.12. The zero-order valence-corrected chi connectivity index (χ0v) is 8.86. The Bertz CT molecular complexity index is 341. The molecule has 0 amide bonds. The second kappa shape index (κ2) is 5.36. The van der Waals surface area contributed by atoms with E-state index in [1.54, 1.807) is 13.2 Å². The molecule has 1 atom stereocenters. The van der Waals surface area contributed by atoms with Gasteiger partial charge in [-0.3, -0.25) is 0 Å². The highest BCUT2D eigenvalue weighted by atomic mass is 16.4. The molecule has 0 bridgehead atoms. The second-order valence-electron chi connectivity index (χ2n) is 3.45. The number of carbonyl (C=O) groups is 1. The molecule has 0 spiro atoms. The average molecular weight is 209 g/mol. The fraction of sp³-hybridized carbons (Fsp3) is 0.364. The third-order valence-corrected chi connectivity index (χ3v) is 2.03. The monoisotopic (exact) mass is 209 g/mol. The van der Waals surface area contributed by atoms with Crippen molar-refractivity contribution < 1.29 is 14.3 Å². The largest absolute Gasteiger partial charge is 0.478 e. The molecule has 1 aromatic rings. The summed E-state index contributed by atoms with van der Waals surface area (Å²) in [5.41, 5.74) is 0.779. The van der Waals surface area contributed by atoms with Crippen molar-refractivity contribution >= 4 is 5.97 Å². The van der Waals surface area contributed by atoms with E-state index in [4.69, 9.17) is 9.52 Å². The van der Waals surface area contributed by atoms with Crippen LogP contribution in [0, 0.1) is 0 Å². The smallest absolute Gasteiger partial charge is 0.328 e. The molecule has 0 fully saturated rings. The van der Waals surface area contributed by atoms with Gasteiger partial charge in [0.05, 0.1) is 12.3 Å². The maximum atomic E-state index is 10.4. The maximum absolute atomic E-state index is 10.4. The fourth-order valence-electron chi connectivity index (χ4n) is 1.21. The van der Waals surface area contributed by atoms with Gasteiger partial charge in [0.2, 0.25) is 0 Å². The molecule has 1 rings (SSSR count). The van der Waals surface area contributed by atoms with Crippen LogP contribution in [0.2, 0.25) is 0 Å².